The Hall–Kier alpha value is -1.02. The quantitative estimate of drug-likeness (QED) is 0.572. The molecule has 2 aromatic rings. The molecule has 0 aromatic heterocycles. The average molecular weight is 321 g/mol. The van der Waals surface area contributed by atoms with E-state index in [1.807, 2.05) is 0 Å². The van der Waals surface area contributed by atoms with Crippen molar-refractivity contribution in [3.05, 3.63) is 40.9 Å². The van der Waals surface area contributed by atoms with Crippen LogP contribution in [0.25, 0.3) is 10.8 Å². The maximum atomic E-state index is 5.92. The van der Waals surface area contributed by atoms with Gasteiger partial charge in [0.1, 0.15) is 5.75 Å². The Morgan fingerprint density at radius 1 is 1.00 bits per heavy atom. The maximum Gasteiger partial charge on any atom is 0.127 e. The minimum absolute atomic E-state index is 0.818. The molecule has 0 radical (unpaired) electrons. The van der Waals surface area contributed by atoms with Crippen molar-refractivity contribution in [1.29, 1.82) is 0 Å². The predicted molar refractivity (Wildman–Crippen MR) is 85.9 cm³/mol. The zero-order valence-electron chi connectivity index (χ0n) is 11.5. The van der Waals surface area contributed by atoms with E-state index in [0.29, 0.717) is 0 Å². The molecule has 102 valence electrons. The third-order valence-corrected chi connectivity index (χ3v) is 3.80. The van der Waals surface area contributed by atoms with E-state index in [1.165, 1.54) is 36.5 Å². The van der Waals surface area contributed by atoms with Crippen molar-refractivity contribution in [3.8, 4) is 5.75 Å². The molecule has 0 spiro atoms. The fourth-order valence-corrected chi connectivity index (χ4v) is 2.62. The van der Waals surface area contributed by atoms with Crippen LogP contribution in [-0.2, 0) is 0 Å². The summed E-state index contributed by atoms with van der Waals surface area (Å²) >= 11 is 3.50. The van der Waals surface area contributed by atoms with Gasteiger partial charge >= 0.3 is 0 Å². The van der Waals surface area contributed by atoms with Crippen molar-refractivity contribution in [2.75, 3.05) is 6.61 Å². The molecule has 0 heterocycles. The van der Waals surface area contributed by atoms with Crippen LogP contribution >= 0.6 is 15.9 Å². The van der Waals surface area contributed by atoms with Gasteiger partial charge in [0.25, 0.3) is 0 Å². The smallest absolute Gasteiger partial charge is 0.127 e. The van der Waals surface area contributed by atoms with Crippen molar-refractivity contribution < 1.29 is 4.74 Å². The molecule has 0 bridgehead atoms. The third-order valence-electron chi connectivity index (χ3n) is 3.31. The predicted octanol–water partition coefficient (Wildman–Crippen LogP) is 5.95. The Balaban J connectivity index is 1.93. The molecule has 0 saturated carbocycles. The van der Waals surface area contributed by atoms with Crippen LogP contribution in [0.4, 0.5) is 0 Å². The molecule has 0 saturated heterocycles. The second-order valence-electron chi connectivity index (χ2n) is 4.88. The molecule has 1 nitrogen and oxygen atoms in total. The van der Waals surface area contributed by atoms with Crippen LogP contribution in [0.2, 0.25) is 0 Å². The maximum absolute atomic E-state index is 5.92. The number of halogens is 1. The molecule has 0 unspecified atom stereocenters. The first kappa shape index (κ1) is 14.4. The van der Waals surface area contributed by atoms with E-state index in [-0.39, 0.29) is 0 Å². The van der Waals surface area contributed by atoms with Gasteiger partial charge in [-0.2, -0.15) is 0 Å². The van der Waals surface area contributed by atoms with Gasteiger partial charge in [0.2, 0.25) is 0 Å². The molecule has 0 aliphatic rings. The fraction of sp³-hybridized carbons (Fsp3) is 0.412. The summed E-state index contributed by atoms with van der Waals surface area (Å²) in [5, 5.41) is 2.41. The summed E-state index contributed by atoms with van der Waals surface area (Å²) in [6.45, 7) is 3.06. The molecular weight excluding hydrogens is 300 g/mol. The number of hydrogen-bond donors (Lipinski definition) is 0. The number of fused-ring (bicyclic) bond motifs is 1. The Kier molecular flexibility index (Phi) is 5.71. The summed E-state index contributed by atoms with van der Waals surface area (Å²) in [4.78, 5) is 0. The first-order chi connectivity index (χ1) is 9.31. The Morgan fingerprint density at radius 3 is 2.68 bits per heavy atom. The lowest BCUT2D eigenvalue weighted by Gasteiger charge is -2.09. The van der Waals surface area contributed by atoms with Crippen LogP contribution in [-0.4, -0.2) is 6.61 Å². The minimum Gasteiger partial charge on any atom is -0.493 e. The molecule has 0 fully saturated rings. The van der Waals surface area contributed by atoms with Gasteiger partial charge in [-0.05, 0) is 36.1 Å². The van der Waals surface area contributed by atoms with E-state index in [1.54, 1.807) is 0 Å². The first-order valence-corrected chi connectivity index (χ1v) is 7.91. The first-order valence-electron chi connectivity index (χ1n) is 7.12. The standard InChI is InChI=1S/C17H21BrO/c1-2-3-4-5-6-12-19-17-9-7-8-14-13-15(18)10-11-16(14)17/h7-11,13H,2-6,12H2,1H3. The lowest BCUT2D eigenvalue weighted by Crippen LogP contribution is -1.97. The van der Waals surface area contributed by atoms with Crippen LogP contribution in [0, 0.1) is 0 Å². The van der Waals surface area contributed by atoms with Crippen molar-refractivity contribution in [1.82, 2.24) is 0 Å². The van der Waals surface area contributed by atoms with E-state index >= 15 is 0 Å². The summed E-state index contributed by atoms with van der Waals surface area (Å²) in [5.74, 6) is 1.00. The second kappa shape index (κ2) is 7.54. The summed E-state index contributed by atoms with van der Waals surface area (Å²) < 4.78 is 7.03. The monoisotopic (exact) mass is 320 g/mol. The highest BCUT2D eigenvalue weighted by atomic mass is 79.9. The lowest BCUT2D eigenvalue weighted by atomic mass is 10.1. The number of benzene rings is 2. The summed E-state index contributed by atoms with van der Waals surface area (Å²) in [7, 11) is 0. The zero-order chi connectivity index (χ0) is 13.5. The topological polar surface area (TPSA) is 9.23 Å². The van der Waals surface area contributed by atoms with Gasteiger partial charge in [0.15, 0.2) is 0 Å². The van der Waals surface area contributed by atoms with E-state index in [0.717, 1.165) is 23.2 Å². The Bertz CT molecular complexity index is 522. The zero-order valence-corrected chi connectivity index (χ0v) is 13.1. The SMILES string of the molecule is CCCCCCCOc1cccc2cc(Br)ccc12. The molecule has 0 amide bonds. The molecule has 2 aromatic carbocycles. The van der Waals surface area contributed by atoms with Gasteiger partial charge in [-0.1, -0.05) is 60.7 Å². The molecule has 0 aliphatic heterocycles. The molecule has 0 atom stereocenters. The summed E-state index contributed by atoms with van der Waals surface area (Å²) in [6.07, 6.45) is 6.36. The van der Waals surface area contributed by atoms with Gasteiger partial charge in [0, 0.05) is 9.86 Å². The highest BCUT2D eigenvalue weighted by Crippen LogP contribution is 2.28. The Morgan fingerprint density at radius 2 is 1.84 bits per heavy atom. The van der Waals surface area contributed by atoms with Gasteiger partial charge < -0.3 is 4.74 Å². The van der Waals surface area contributed by atoms with E-state index in [4.69, 9.17) is 4.74 Å². The number of hydrogen-bond acceptors (Lipinski definition) is 1. The fourth-order valence-electron chi connectivity index (χ4n) is 2.24. The summed E-state index contributed by atoms with van der Waals surface area (Å²) in [6, 6.07) is 12.5. The highest BCUT2D eigenvalue weighted by Gasteiger charge is 2.02. The van der Waals surface area contributed by atoms with E-state index in [2.05, 4.69) is 59.3 Å². The summed E-state index contributed by atoms with van der Waals surface area (Å²) in [5.41, 5.74) is 0. The van der Waals surface area contributed by atoms with Crippen LogP contribution < -0.4 is 4.74 Å². The number of ether oxygens (including phenoxy) is 1. The van der Waals surface area contributed by atoms with Crippen molar-refractivity contribution >= 4 is 26.7 Å². The molecule has 19 heavy (non-hydrogen) atoms. The molecule has 2 rings (SSSR count). The minimum atomic E-state index is 0.818. The molecular formula is C17H21BrO. The van der Waals surface area contributed by atoms with Gasteiger partial charge in [-0.3, -0.25) is 0 Å². The number of unbranched alkanes of at least 4 members (excludes halogenated alkanes) is 4. The van der Waals surface area contributed by atoms with Crippen LogP contribution in [0.5, 0.6) is 5.75 Å². The number of rotatable bonds is 7. The molecule has 2 heteroatoms. The highest BCUT2D eigenvalue weighted by molar-refractivity contribution is 9.10. The Labute approximate surface area is 124 Å². The van der Waals surface area contributed by atoms with Crippen LogP contribution in [0.15, 0.2) is 40.9 Å². The third kappa shape index (κ3) is 4.24. The normalized spacial score (nSPS) is 10.8. The van der Waals surface area contributed by atoms with Crippen molar-refractivity contribution in [2.45, 2.75) is 39.0 Å². The largest absolute Gasteiger partial charge is 0.493 e. The van der Waals surface area contributed by atoms with Gasteiger partial charge in [-0.15, -0.1) is 0 Å². The average Bonchev–Trinajstić information content (AvgIpc) is 2.42. The van der Waals surface area contributed by atoms with Crippen LogP contribution in [0.1, 0.15) is 39.0 Å². The van der Waals surface area contributed by atoms with Gasteiger partial charge in [-0.25, -0.2) is 0 Å². The van der Waals surface area contributed by atoms with Gasteiger partial charge in [0.05, 0.1) is 6.61 Å². The second-order valence-corrected chi connectivity index (χ2v) is 5.80. The lowest BCUT2D eigenvalue weighted by molar-refractivity contribution is 0.308. The van der Waals surface area contributed by atoms with Crippen molar-refractivity contribution in [3.63, 3.8) is 0 Å². The van der Waals surface area contributed by atoms with Crippen molar-refractivity contribution in [2.24, 2.45) is 0 Å². The molecule has 0 aliphatic carbocycles. The van der Waals surface area contributed by atoms with E-state index < -0.39 is 0 Å². The van der Waals surface area contributed by atoms with E-state index in [9.17, 15) is 0 Å². The van der Waals surface area contributed by atoms with Crippen LogP contribution in [0.3, 0.4) is 0 Å². The molecule has 0 N–H and O–H groups in total.